The van der Waals surface area contributed by atoms with E-state index in [1.807, 2.05) is 5.38 Å². The summed E-state index contributed by atoms with van der Waals surface area (Å²) in [5, 5.41) is 15.7. The third kappa shape index (κ3) is 4.41. The highest BCUT2D eigenvalue weighted by Gasteiger charge is 2.26. The zero-order valence-electron chi connectivity index (χ0n) is 13.0. The van der Waals surface area contributed by atoms with Crippen LogP contribution in [0.25, 0.3) is 0 Å². The van der Waals surface area contributed by atoms with Crippen LogP contribution in [0.15, 0.2) is 5.38 Å². The number of carbonyl (C=O) groups is 1. The highest BCUT2D eigenvalue weighted by Crippen LogP contribution is 2.20. The van der Waals surface area contributed by atoms with Crippen LogP contribution in [-0.4, -0.2) is 40.2 Å². The molecule has 2 unspecified atom stereocenters. The third-order valence-electron chi connectivity index (χ3n) is 3.91. The smallest absolute Gasteiger partial charge is 0.317 e. The summed E-state index contributed by atoms with van der Waals surface area (Å²) in [6.45, 7) is 7.91. The predicted octanol–water partition coefficient (Wildman–Crippen LogP) is 2.57. The number of likely N-dealkylation sites (tertiary alicyclic amines) is 1. The number of hydrogen-bond donors (Lipinski definition) is 2. The summed E-state index contributed by atoms with van der Waals surface area (Å²) >= 11 is 1.64. The van der Waals surface area contributed by atoms with E-state index in [-0.39, 0.29) is 18.1 Å². The van der Waals surface area contributed by atoms with Crippen LogP contribution in [0.4, 0.5) is 4.79 Å². The molecule has 1 aromatic heterocycles. The summed E-state index contributed by atoms with van der Waals surface area (Å²) in [5.41, 5.74) is 0.918. The highest BCUT2D eigenvalue weighted by atomic mass is 32.1. The van der Waals surface area contributed by atoms with Gasteiger partial charge < -0.3 is 15.3 Å². The van der Waals surface area contributed by atoms with Gasteiger partial charge in [-0.05, 0) is 19.8 Å². The fourth-order valence-corrected chi connectivity index (χ4v) is 3.37. The molecular weight excluding hydrogens is 286 g/mol. The second-order valence-corrected chi connectivity index (χ2v) is 6.97. The van der Waals surface area contributed by atoms with Gasteiger partial charge in [-0.1, -0.05) is 13.8 Å². The maximum absolute atomic E-state index is 12.2. The minimum absolute atomic E-state index is 0.0561. The van der Waals surface area contributed by atoms with E-state index in [2.05, 4.69) is 24.1 Å². The maximum Gasteiger partial charge on any atom is 0.317 e. The van der Waals surface area contributed by atoms with E-state index >= 15 is 0 Å². The van der Waals surface area contributed by atoms with Crippen molar-refractivity contribution in [1.29, 1.82) is 0 Å². The van der Waals surface area contributed by atoms with E-state index in [1.54, 1.807) is 23.2 Å². The van der Waals surface area contributed by atoms with Gasteiger partial charge in [-0.15, -0.1) is 11.3 Å². The molecular formula is C15H25N3O2S. The number of urea groups is 1. The second kappa shape index (κ2) is 7.22. The summed E-state index contributed by atoms with van der Waals surface area (Å²) in [4.78, 5) is 18.5. The molecule has 0 bridgehead atoms. The fourth-order valence-electron chi connectivity index (χ4n) is 2.54. The Balaban J connectivity index is 1.83. The highest BCUT2D eigenvalue weighted by molar-refractivity contribution is 7.09. The van der Waals surface area contributed by atoms with Crippen LogP contribution in [0.3, 0.4) is 0 Å². The zero-order chi connectivity index (χ0) is 15.4. The minimum Gasteiger partial charge on any atom is -0.393 e. The number of nitrogens with zero attached hydrogens (tertiary/aromatic N) is 2. The topological polar surface area (TPSA) is 65.5 Å². The monoisotopic (exact) mass is 311 g/mol. The van der Waals surface area contributed by atoms with Crippen molar-refractivity contribution in [3.05, 3.63) is 16.1 Å². The largest absolute Gasteiger partial charge is 0.393 e. The number of thiazole rings is 1. The number of aliphatic hydroxyl groups excluding tert-OH is 1. The van der Waals surface area contributed by atoms with Crippen LogP contribution < -0.4 is 5.32 Å². The van der Waals surface area contributed by atoms with Gasteiger partial charge in [0.15, 0.2) is 0 Å². The predicted molar refractivity (Wildman–Crippen MR) is 84.4 cm³/mol. The van der Waals surface area contributed by atoms with E-state index < -0.39 is 0 Å². The molecule has 21 heavy (non-hydrogen) atoms. The fraction of sp³-hybridized carbons (Fsp3) is 0.733. The SMILES string of the molecule is CC(C)c1nc(CNC(=O)N2CCCC(C(C)O)C2)cs1. The van der Waals surface area contributed by atoms with Crippen molar-refractivity contribution in [2.75, 3.05) is 13.1 Å². The normalized spacial score (nSPS) is 20.6. The van der Waals surface area contributed by atoms with Crippen molar-refractivity contribution in [3.8, 4) is 0 Å². The standard InChI is InChI=1S/C15H25N3O2S/c1-10(2)14-17-13(9-21-14)7-16-15(20)18-6-4-5-12(8-18)11(3)19/h9-12,19H,4-8H2,1-3H3,(H,16,20). The number of carbonyl (C=O) groups excluding carboxylic acids is 1. The van der Waals surface area contributed by atoms with Gasteiger partial charge in [-0.25, -0.2) is 9.78 Å². The number of aliphatic hydroxyl groups is 1. The molecule has 2 N–H and O–H groups in total. The molecule has 6 heteroatoms. The van der Waals surface area contributed by atoms with E-state index in [4.69, 9.17) is 0 Å². The Hall–Kier alpha value is -1.14. The van der Waals surface area contributed by atoms with Crippen molar-refractivity contribution in [2.45, 2.75) is 52.2 Å². The van der Waals surface area contributed by atoms with Crippen molar-refractivity contribution < 1.29 is 9.90 Å². The van der Waals surface area contributed by atoms with Crippen LogP contribution in [0.2, 0.25) is 0 Å². The Morgan fingerprint density at radius 1 is 1.57 bits per heavy atom. The number of piperidine rings is 1. The number of aromatic nitrogens is 1. The lowest BCUT2D eigenvalue weighted by molar-refractivity contribution is 0.0738. The summed E-state index contributed by atoms with van der Waals surface area (Å²) in [6.07, 6.45) is 1.59. The molecule has 0 aromatic carbocycles. The molecule has 1 aromatic rings. The molecule has 0 radical (unpaired) electrons. The lowest BCUT2D eigenvalue weighted by Gasteiger charge is -2.34. The minimum atomic E-state index is -0.354. The molecule has 0 spiro atoms. The molecule has 0 aliphatic carbocycles. The summed E-state index contributed by atoms with van der Waals surface area (Å²) in [7, 11) is 0. The first-order valence-electron chi connectivity index (χ1n) is 7.62. The molecule has 2 amide bonds. The van der Waals surface area contributed by atoms with Gasteiger partial charge in [-0.2, -0.15) is 0 Å². The quantitative estimate of drug-likeness (QED) is 0.898. The average molecular weight is 311 g/mol. The van der Waals surface area contributed by atoms with Crippen molar-refractivity contribution in [1.82, 2.24) is 15.2 Å². The number of amides is 2. The summed E-state index contributed by atoms with van der Waals surface area (Å²) < 4.78 is 0. The zero-order valence-corrected chi connectivity index (χ0v) is 13.8. The first kappa shape index (κ1) is 16.2. The Morgan fingerprint density at radius 3 is 2.95 bits per heavy atom. The van der Waals surface area contributed by atoms with Crippen molar-refractivity contribution in [3.63, 3.8) is 0 Å². The van der Waals surface area contributed by atoms with E-state index in [0.717, 1.165) is 30.1 Å². The van der Waals surface area contributed by atoms with Gasteiger partial charge in [0.05, 0.1) is 23.4 Å². The van der Waals surface area contributed by atoms with Gasteiger partial charge in [0.2, 0.25) is 0 Å². The van der Waals surface area contributed by atoms with E-state index in [1.165, 1.54) is 0 Å². The third-order valence-corrected chi connectivity index (χ3v) is 5.11. The lowest BCUT2D eigenvalue weighted by atomic mass is 9.94. The molecule has 1 fully saturated rings. The Bertz CT molecular complexity index is 473. The van der Waals surface area contributed by atoms with Crippen LogP contribution in [0.5, 0.6) is 0 Å². The van der Waals surface area contributed by atoms with Crippen molar-refractivity contribution in [2.24, 2.45) is 5.92 Å². The molecule has 2 atom stereocenters. The first-order chi connectivity index (χ1) is 9.97. The Morgan fingerprint density at radius 2 is 2.33 bits per heavy atom. The summed E-state index contributed by atoms with van der Waals surface area (Å²) in [6, 6.07) is -0.0561. The van der Waals surface area contributed by atoms with Gasteiger partial charge in [-0.3, -0.25) is 0 Å². The molecule has 1 aliphatic rings. The average Bonchev–Trinajstić information content (AvgIpc) is 2.94. The van der Waals surface area contributed by atoms with Crippen molar-refractivity contribution >= 4 is 17.4 Å². The molecule has 2 rings (SSSR count). The number of nitrogens with one attached hydrogen (secondary N) is 1. The Labute approximate surface area is 130 Å². The van der Waals surface area contributed by atoms with Crippen LogP contribution in [0, 0.1) is 5.92 Å². The molecule has 0 saturated carbocycles. The van der Waals surface area contributed by atoms with Gasteiger partial charge in [0, 0.05) is 30.3 Å². The van der Waals surface area contributed by atoms with Gasteiger partial charge in [0.25, 0.3) is 0 Å². The molecule has 5 nitrogen and oxygen atoms in total. The van der Waals surface area contributed by atoms with Gasteiger partial charge >= 0.3 is 6.03 Å². The molecule has 118 valence electrons. The summed E-state index contributed by atoms with van der Waals surface area (Å²) in [5.74, 6) is 0.615. The van der Waals surface area contributed by atoms with E-state index in [9.17, 15) is 9.90 Å². The maximum atomic E-state index is 12.2. The van der Waals surface area contributed by atoms with Crippen LogP contribution in [-0.2, 0) is 6.54 Å². The Kier molecular flexibility index (Phi) is 5.58. The van der Waals surface area contributed by atoms with E-state index in [0.29, 0.717) is 19.0 Å². The number of rotatable bonds is 4. The molecule has 1 aliphatic heterocycles. The van der Waals surface area contributed by atoms with Crippen LogP contribution >= 0.6 is 11.3 Å². The second-order valence-electron chi connectivity index (χ2n) is 6.08. The lowest BCUT2D eigenvalue weighted by Crippen LogP contribution is -2.47. The molecule has 2 heterocycles. The van der Waals surface area contributed by atoms with Gasteiger partial charge in [0.1, 0.15) is 0 Å². The first-order valence-corrected chi connectivity index (χ1v) is 8.50. The number of hydrogen-bond acceptors (Lipinski definition) is 4. The molecule has 1 saturated heterocycles. The van der Waals surface area contributed by atoms with Crippen LogP contribution in [0.1, 0.15) is 50.2 Å².